The van der Waals surface area contributed by atoms with Crippen molar-refractivity contribution in [2.75, 3.05) is 6.61 Å². The molecule has 21 heavy (non-hydrogen) atoms. The Bertz CT molecular complexity index is 367. The van der Waals surface area contributed by atoms with Crippen molar-refractivity contribution in [3.05, 3.63) is 12.2 Å². The van der Waals surface area contributed by atoms with E-state index in [4.69, 9.17) is 14.6 Å². The summed E-state index contributed by atoms with van der Waals surface area (Å²) in [6, 6.07) is 0. The molecule has 0 bridgehead atoms. The van der Waals surface area contributed by atoms with Crippen LogP contribution >= 0.6 is 0 Å². The molecule has 0 aromatic rings. The van der Waals surface area contributed by atoms with E-state index in [-0.39, 0.29) is 17.1 Å². The zero-order chi connectivity index (χ0) is 16.6. The molecule has 5 nitrogen and oxygen atoms in total. The Morgan fingerprint density at radius 2 is 1.86 bits per heavy atom. The first-order valence-electron chi connectivity index (χ1n) is 7.31. The van der Waals surface area contributed by atoms with E-state index >= 15 is 0 Å². The van der Waals surface area contributed by atoms with Crippen molar-refractivity contribution in [3.63, 3.8) is 0 Å². The second-order valence-electron chi connectivity index (χ2n) is 6.30. The number of unbranched alkanes of at least 4 members (excludes halogenated alkanes) is 1. The Labute approximate surface area is 127 Å². The summed E-state index contributed by atoms with van der Waals surface area (Å²) in [5.74, 6) is -1.78. The lowest BCUT2D eigenvalue weighted by Gasteiger charge is -2.34. The summed E-state index contributed by atoms with van der Waals surface area (Å²) in [7, 11) is 0. The predicted octanol–water partition coefficient (Wildman–Crippen LogP) is 3.18. The van der Waals surface area contributed by atoms with Crippen LogP contribution in [0.3, 0.4) is 0 Å². The number of carbonyl (C=O) groups excluding carboxylic acids is 1. The fourth-order valence-corrected chi connectivity index (χ4v) is 2.01. The van der Waals surface area contributed by atoms with Gasteiger partial charge in [-0.05, 0) is 18.8 Å². The number of hydrogen-bond acceptors (Lipinski definition) is 4. The lowest BCUT2D eigenvalue weighted by atomic mass is 9.86. The van der Waals surface area contributed by atoms with E-state index in [0.29, 0.717) is 6.61 Å². The van der Waals surface area contributed by atoms with E-state index in [0.717, 1.165) is 12.8 Å². The highest BCUT2D eigenvalue weighted by molar-refractivity contribution is 5.92. The molecular formula is C16H28O5. The van der Waals surface area contributed by atoms with Crippen molar-refractivity contribution >= 4 is 11.9 Å². The molecule has 0 aromatic heterocycles. The molecule has 0 rings (SSSR count). The molecule has 5 heteroatoms. The molecule has 1 N–H and O–H groups in total. The summed E-state index contributed by atoms with van der Waals surface area (Å²) in [6.07, 6.45) is 0.826. The minimum absolute atomic E-state index is 0.0597. The van der Waals surface area contributed by atoms with Gasteiger partial charge in [-0.25, -0.2) is 4.79 Å². The molecule has 0 aromatic carbocycles. The monoisotopic (exact) mass is 300 g/mol. The Morgan fingerprint density at radius 1 is 1.29 bits per heavy atom. The standard InChI is InChI=1S/C16H28O5/c1-7-8-9-20-14(16(4,5)6)12(3)21-15(19)11(2)10-13(17)18/h12,14H,2,7-10H2,1,3-6H3,(H,17,18). The number of rotatable bonds is 9. The summed E-state index contributed by atoms with van der Waals surface area (Å²) < 4.78 is 11.2. The molecule has 2 atom stereocenters. The number of carboxylic acids is 1. The van der Waals surface area contributed by atoms with Crippen LogP contribution in [0.15, 0.2) is 12.2 Å². The molecule has 0 heterocycles. The first-order chi connectivity index (χ1) is 9.59. The van der Waals surface area contributed by atoms with Crippen LogP contribution in [0.2, 0.25) is 0 Å². The molecule has 2 unspecified atom stereocenters. The van der Waals surface area contributed by atoms with E-state index in [9.17, 15) is 9.59 Å². The highest BCUT2D eigenvalue weighted by atomic mass is 16.6. The molecule has 0 saturated carbocycles. The fraction of sp³-hybridized carbons (Fsp3) is 0.750. The van der Waals surface area contributed by atoms with Crippen LogP contribution in [0.4, 0.5) is 0 Å². The van der Waals surface area contributed by atoms with Crippen LogP contribution in [-0.2, 0) is 19.1 Å². The maximum atomic E-state index is 11.8. The average Bonchev–Trinajstić information content (AvgIpc) is 2.31. The van der Waals surface area contributed by atoms with Crippen LogP contribution in [0, 0.1) is 5.41 Å². The topological polar surface area (TPSA) is 72.8 Å². The van der Waals surface area contributed by atoms with Crippen molar-refractivity contribution in [1.29, 1.82) is 0 Å². The van der Waals surface area contributed by atoms with Gasteiger partial charge in [-0.15, -0.1) is 0 Å². The average molecular weight is 300 g/mol. The molecular weight excluding hydrogens is 272 g/mol. The number of esters is 1. The molecule has 0 saturated heterocycles. The molecule has 0 aliphatic heterocycles. The van der Waals surface area contributed by atoms with Crippen LogP contribution in [0.25, 0.3) is 0 Å². The lowest BCUT2D eigenvalue weighted by molar-refractivity contribution is -0.159. The van der Waals surface area contributed by atoms with Gasteiger partial charge >= 0.3 is 11.9 Å². The van der Waals surface area contributed by atoms with Gasteiger partial charge in [0.15, 0.2) is 0 Å². The van der Waals surface area contributed by atoms with Gasteiger partial charge in [0.2, 0.25) is 0 Å². The van der Waals surface area contributed by atoms with E-state index in [1.54, 1.807) is 6.92 Å². The van der Waals surface area contributed by atoms with Crippen molar-refractivity contribution < 1.29 is 24.2 Å². The predicted molar refractivity (Wildman–Crippen MR) is 81.0 cm³/mol. The SMILES string of the molecule is C=C(CC(=O)O)C(=O)OC(C)C(OCCCC)C(C)(C)C. The smallest absolute Gasteiger partial charge is 0.334 e. The Morgan fingerprint density at radius 3 is 2.29 bits per heavy atom. The molecule has 0 aliphatic rings. The first-order valence-corrected chi connectivity index (χ1v) is 7.31. The highest BCUT2D eigenvalue weighted by Crippen LogP contribution is 2.27. The summed E-state index contributed by atoms with van der Waals surface area (Å²) in [5.41, 5.74) is -0.253. The number of ether oxygens (including phenoxy) is 2. The second kappa shape index (κ2) is 8.82. The minimum atomic E-state index is -1.10. The Hall–Kier alpha value is -1.36. The third-order valence-corrected chi connectivity index (χ3v) is 3.02. The van der Waals surface area contributed by atoms with Crippen LogP contribution in [0.5, 0.6) is 0 Å². The van der Waals surface area contributed by atoms with E-state index in [1.807, 2.05) is 20.8 Å². The zero-order valence-corrected chi connectivity index (χ0v) is 13.8. The van der Waals surface area contributed by atoms with Gasteiger partial charge in [0, 0.05) is 12.2 Å². The molecule has 0 radical (unpaired) electrons. The highest BCUT2D eigenvalue weighted by Gasteiger charge is 2.33. The normalized spacial score (nSPS) is 14.3. The Balaban J connectivity index is 4.66. The number of aliphatic carboxylic acids is 1. The van der Waals surface area contributed by atoms with Gasteiger partial charge in [-0.3, -0.25) is 4.79 Å². The summed E-state index contributed by atoms with van der Waals surface area (Å²) >= 11 is 0. The van der Waals surface area contributed by atoms with Crippen LogP contribution < -0.4 is 0 Å². The maximum absolute atomic E-state index is 11.8. The van der Waals surface area contributed by atoms with E-state index < -0.39 is 24.5 Å². The van der Waals surface area contributed by atoms with E-state index in [1.165, 1.54) is 0 Å². The van der Waals surface area contributed by atoms with Crippen LogP contribution in [-0.4, -0.2) is 35.9 Å². The lowest BCUT2D eigenvalue weighted by Crippen LogP contribution is -2.41. The number of carbonyl (C=O) groups is 2. The van der Waals surface area contributed by atoms with Gasteiger partial charge in [-0.2, -0.15) is 0 Å². The second-order valence-corrected chi connectivity index (χ2v) is 6.30. The van der Waals surface area contributed by atoms with E-state index in [2.05, 4.69) is 13.5 Å². The van der Waals surface area contributed by atoms with Gasteiger partial charge in [0.1, 0.15) is 6.10 Å². The van der Waals surface area contributed by atoms with Gasteiger partial charge in [0.05, 0.1) is 12.5 Å². The maximum Gasteiger partial charge on any atom is 0.334 e. The molecule has 0 aliphatic carbocycles. The Kier molecular flexibility index (Phi) is 8.25. The quantitative estimate of drug-likeness (QED) is 0.402. The van der Waals surface area contributed by atoms with Crippen molar-refractivity contribution in [3.8, 4) is 0 Å². The van der Waals surface area contributed by atoms with Gasteiger partial charge in [-0.1, -0.05) is 40.7 Å². The number of carboxylic acid groups (broad SMARTS) is 1. The molecule has 122 valence electrons. The summed E-state index contributed by atoms with van der Waals surface area (Å²) in [5, 5.41) is 8.66. The third kappa shape index (κ3) is 7.85. The fourth-order valence-electron chi connectivity index (χ4n) is 2.01. The van der Waals surface area contributed by atoms with Crippen molar-refractivity contribution in [1.82, 2.24) is 0 Å². The first kappa shape index (κ1) is 19.6. The minimum Gasteiger partial charge on any atom is -0.481 e. The van der Waals surface area contributed by atoms with Gasteiger partial charge < -0.3 is 14.6 Å². The molecule has 0 fully saturated rings. The van der Waals surface area contributed by atoms with Crippen molar-refractivity contribution in [2.45, 2.75) is 66.1 Å². The molecule has 0 spiro atoms. The number of hydrogen-bond donors (Lipinski definition) is 1. The summed E-state index contributed by atoms with van der Waals surface area (Å²) in [4.78, 5) is 22.4. The van der Waals surface area contributed by atoms with Crippen LogP contribution in [0.1, 0.15) is 53.9 Å². The molecule has 0 amide bonds. The third-order valence-electron chi connectivity index (χ3n) is 3.02. The summed E-state index contributed by atoms with van der Waals surface area (Å²) in [6.45, 7) is 13.9. The largest absolute Gasteiger partial charge is 0.481 e. The zero-order valence-electron chi connectivity index (χ0n) is 13.8. The van der Waals surface area contributed by atoms with Crippen molar-refractivity contribution in [2.24, 2.45) is 5.41 Å². The van der Waals surface area contributed by atoms with Gasteiger partial charge in [0.25, 0.3) is 0 Å².